The second-order valence-electron chi connectivity index (χ2n) is 5.41. The average molecular weight is 249 g/mol. The third-order valence-corrected chi connectivity index (χ3v) is 7.37. The molecule has 0 fully saturated rings. The fourth-order valence-corrected chi connectivity index (χ4v) is 5.74. The summed E-state index contributed by atoms with van der Waals surface area (Å²) >= 11 is 0. The summed E-state index contributed by atoms with van der Waals surface area (Å²) in [4.78, 5) is 0. The van der Waals surface area contributed by atoms with Crippen molar-refractivity contribution in [1.29, 1.82) is 0 Å². The Morgan fingerprint density at radius 2 is 1.27 bits per heavy atom. The Kier molecular flexibility index (Phi) is 6.99. The normalized spacial score (nSPS) is 13.2. The second kappa shape index (κ2) is 6.83. The van der Waals surface area contributed by atoms with Gasteiger partial charge < -0.3 is 8.85 Å². The molecular formula is C11H28O2Si2. The maximum Gasteiger partial charge on any atom is 0.334 e. The largest absolute Gasteiger partial charge is 0.395 e. The van der Waals surface area contributed by atoms with E-state index < -0.39 is 16.6 Å². The molecule has 92 valence electrons. The lowest BCUT2D eigenvalue weighted by molar-refractivity contribution is 0.188. The molecule has 0 saturated heterocycles. The summed E-state index contributed by atoms with van der Waals surface area (Å²) in [6.07, 6.45) is 1.28. The van der Waals surface area contributed by atoms with Gasteiger partial charge in [-0.25, -0.2) is 0 Å². The van der Waals surface area contributed by atoms with Gasteiger partial charge >= 0.3 is 8.56 Å². The van der Waals surface area contributed by atoms with Gasteiger partial charge in [0.1, 0.15) is 0 Å². The van der Waals surface area contributed by atoms with Gasteiger partial charge in [-0.1, -0.05) is 32.1 Å². The molecule has 0 radical (unpaired) electrons. The molecule has 0 amide bonds. The quantitative estimate of drug-likeness (QED) is 0.607. The Labute approximate surface area is 97.6 Å². The van der Waals surface area contributed by atoms with Crippen molar-refractivity contribution in [1.82, 2.24) is 0 Å². The minimum atomic E-state index is -1.83. The first-order valence-electron chi connectivity index (χ1n) is 6.11. The molecule has 4 heteroatoms. The Bertz CT molecular complexity index is 160. The molecule has 0 rings (SSSR count). The number of hydrogen-bond acceptors (Lipinski definition) is 2. The standard InChI is InChI=1S/C11H28O2Si2/c1-7-12-15(6,13-8-2)11-9-10-14(3,4)5/h7-11H2,1-6H3. The van der Waals surface area contributed by atoms with E-state index in [4.69, 9.17) is 8.85 Å². The van der Waals surface area contributed by atoms with Gasteiger partial charge in [0.05, 0.1) is 0 Å². The molecule has 0 atom stereocenters. The first-order valence-corrected chi connectivity index (χ1v) is 12.3. The summed E-state index contributed by atoms with van der Waals surface area (Å²) in [5, 5.41) is 0. The zero-order chi connectivity index (χ0) is 11.9. The predicted octanol–water partition coefficient (Wildman–Crippen LogP) is 3.86. The van der Waals surface area contributed by atoms with E-state index in [1.165, 1.54) is 12.5 Å². The third-order valence-electron chi connectivity index (χ3n) is 2.46. The molecule has 0 aliphatic carbocycles. The van der Waals surface area contributed by atoms with Crippen LogP contribution >= 0.6 is 0 Å². The fourth-order valence-electron chi connectivity index (χ4n) is 1.74. The lowest BCUT2D eigenvalue weighted by Crippen LogP contribution is -2.39. The maximum atomic E-state index is 5.82. The van der Waals surface area contributed by atoms with Crippen LogP contribution in [0, 0.1) is 0 Å². The minimum absolute atomic E-state index is 0.787. The van der Waals surface area contributed by atoms with Crippen molar-refractivity contribution in [2.45, 2.75) is 58.5 Å². The molecule has 0 heterocycles. The van der Waals surface area contributed by atoms with E-state index in [0.717, 1.165) is 19.3 Å². The maximum absolute atomic E-state index is 5.82. The highest BCUT2D eigenvalue weighted by atomic mass is 28.4. The highest BCUT2D eigenvalue weighted by Gasteiger charge is 2.30. The Balaban J connectivity index is 3.95. The highest BCUT2D eigenvalue weighted by Crippen LogP contribution is 2.21. The minimum Gasteiger partial charge on any atom is -0.395 e. The topological polar surface area (TPSA) is 18.5 Å². The molecule has 2 nitrogen and oxygen atoms in total. The zero-order valence-corrected chi connectivity index (χ0v) is 13.4. The molecule has 0 aromatic rings. The summed E-state index contributed by atoms with van der Waals surface area (Å²) in [7, 11) is -2.72. The van der Waals surface area contributed by atoms with Crippen LogP contribution in [0.2, 0.25) is 38.3 Å². The fraction of sp³-hybridized carbons (Fsp3) is 1.00. The van der Waals surface area contributed by atoms with Gasteiger partial charge in [0.25, 0.3) is 0 Å². The Morgan fingerprint density at radius 3 is 1.60 bits per heavy atom. The van der Waals surface area contributed by atoms with E-state index in [1.54, 1.807) is 0 Å². The van der Waals surface area contributed by atoms with Crippen LogP contribution in [0.4, 0.5) is 0 Å². The van der Waals surface area contributed by atoms with E-state index in [0.29, 0.717) is 0 Å². The lowest BCUT2D eigenvalue weighted by atomic mass is 10.6. The molecule has 15 heavy (non-hydrogen) atoms. The van der Waals surface area contributed by atoms with Gasteiger partial charge in [-0.3, -0.25) is 0 Å². The molecule has 0 aliphatic heterocycles. The Hall–Kier alpha value is 0.354. The van der Waals surface area contributed by atoms with E-state index in [9.17, 15) is 0 Å². The molecule has 0 saturated carbocycles. The van der Waals surface area contributed by atoms with Gasteiger partial charge in [-0.15, -0.1) is 0 Å². The SMILES string of the molecule is CCO[Si](C)(CCC[Si](C)(C)C)OCC. The molecule has 0 spiro atoms. The molecule has 0 aromatic carbocycles. The molecule has 0 bridgehead atoms. The van der Waals surface area contributed by atoms with Crippen molar-refractivity contribution in [2.24, 2.45) is 0 Å². The van der Waals surface area contributed by atoms with Crippen molar-refractivity contribution in [3.63, 3.8) is 0 Å². The van der Waals surface area contributed by atoms with Gasteiger partial charge in [0.2, 0.25) is 0 Å². The van der Waals surface area contributed by atoms with E-state index in [-0.39, 0.29) is 0 Å². The Morgan fingerprint density at radius 1 is 0.800 bits per heavy atom. The van der Waals surface area contributed by atoms with Crippen molar-refractivity contribution < 1.29 is 8.85 Å². The van der Waals surface area contributed by atoms with Crippen molar-refractivity contribution in [2.75, 3.05) is 13.2 Å². The molecular weight excluding hydrogens is 220 g/mol. The number of rotatable bonds is 8. The van der Waals surface area contributed by atoms with Gasteiger partial charge in [-0.05, 0) is 26.4 Å². The van der Waals surface area contributed by atoms with Crippen LogP contribution in [0.25, 0.3) is 0 Å². The summed E-state index contributed by atoms with van der Waals surface area (Å²) in [5.41, 5.74) is 0. The lowest BCUT2D eigenvalue weighted by Gasteiger charge is -2.27. The smallest absolute Gasteiger partial charge is 0.334 e. The van der Waals surface area contributed by atoms with Crippen LogP contribution in [0.1, 0.15) is 20.3 Å². The zero-order valence-electron chi connectivity index (χ0n) is 11.4. The molecule has 0 unspecified atom stereocenters. The highest BCUT2D eigenvalue weighted by molar-refractivity contribution is 6.76. The monoisotopic (exact) mass is 248 g/mol. The van der Waals surface area contributed by atoms with Crippen molar-refractivity contribution >= 4 is 16.6 Å². The summed E-state index contributed by atoms with van der Waals surface area (Å²) in [6.45, 7) is 15.2. The van der Waals surface area contributed by atoms with Gasteiger partial charge in [0, 0.05) is 21.3 Å². The second-order valence-corrected chi connectivity index (χ2v) is 14.4. The molecule has 0 aliphatic rings. The van der Waals surface area contributed by atoms with Gasteiger partial charge in [0.15, 0.2) is 0 Å². The van der Waals surface area contributed by atoms with Crippen LogP contribution in [0.15, 0.2) is 0 Å². The van der Waals surface area contributed by atoms with Crippen LogP contribution in [-0.4, -0.2) is 29.8 Å². The molecule has 0 aromatic heterocycles. The molecule has 0 N–H and O–H groups in total. The van der Waals surface area contributed by atoms with Crippen LogP contribution in [0.3, 0.4) is 0 Å². The van der Waals surface area contributed by atoms with Crippen molar-refractivity contribution in [3.8, 4) is 0 Å². The third kappa shape index (κ3) is 8.19. The van der Waals surface area contributed by atoms with Crippen LogP contribution in [-0.2, 0) is 8.85 Å². The van der Waals surface area contributed by atoms with Crippen LogP contribution in [0.5, 0.6) is 0 Å². The van der Waals surface area contributed by atoms with E-state index in [1.807, 2.05) is 0 Å². The first kappa shape index (κ1) is 15.4. The summed E-state index contributed by atoms with van der Waals surface area (Å²) < 4.78 is 11.6. The first-order chi connectivity index (χ1) is 6.83. The number of hydrogen-bond donors (Lipinski definition) is 0. The van der Waals surface area contributed by atoms with E-state index in [2.05, 4.69) is 40.0 Å². The average Bonchev–Trinajstić information content (AvgIpc) is 2.01. The van der Waals surface area contributed by atoms with Gasteiger partial charge in [-0.2, -0.15) is 0 Å². The summed E-state index contributed by atoms with van der Waals surface area (Å²) in [5.74, 6) is 0. The van der Waals surface area contributed by atoms with Crippen LogP contribution < -0.4 is 0 Å². The van der Waals surface area contributed by atoms with E-state index >= 15 is 0 Å². The summed E-state index contributed by atoms with van der Waals surface area (Å²) in [6, 6.07) is 2.54. The predicted molar refractivity (Wildman–Crippen MR) is 72.4 cm³/mol. The van der Waals surface area contributed by atoms with Crippen molar-refractivity contribution in [3.05, 3.63) is 0 Å².